The third-order valence-corrected chi connectivity index (χ3v) is 8.44. The molecule has 1 aliphatic carbocycles. The maximum Gasteiger partial charge on any atom is 0.327 e. The van der Waals surface area contributed by atoms with Gasteiger partial charge in [0.1, 0.15) is 11.4 Å². The Morgan fingerprint density at radius 2 is 2.06 bits per heavy atom. The fraction of sp³-hybridized carbons (Fsp3) is 0.480. The van der Waals surface area contributed by atoms with Gasteiger partial charge in [-0.2, -0.15) is 4.98 Å². The molecule has 0 amide bonds. The SMILES string of the molecule is COc1ccc(CCC2(C3CCCC3)CC(=O)C(Sc3nc4nccc(C)n4n3)C(=O)O2)cc1Cl. The maximum absolute atomic E-state index is 13.4. The van der Waals surface area contributed by atoms with Crippen molar-refractivity contribution in [3.63, 3.8) is 0 Å². The van der Waals surface area contributed by atoms with Gasteiger partial charge < -0.3 is 9.47 Å². The van der Waals surface area contributed by atoms with E-state index in [0.29, 0.717) is 34.5 Å². The lowest BCUT2D eigenvalue weighted by Gasteiger charge is -2.42. The highest BCUT2D eigenvalue weighted by Gasteiger charge is 2.52. The van der Waals surface area contributed by atoms with Gasteiger partial charge in [-0.15, -0.1) is 5.10 Å². The summed E-state index contributed by atoms with van der Waals surface area (Å²) < 4.78 is 13.0. The molecule has 2 unspecified atom stereocenters. The molecule has 2 atom stereocenters. The van der Waals surface area contributed by atoms with Crippen LogP contribution in [-0.4, -0.2) is 49.3 Å². The van der Waals surface area contributed by atoms with Gasteiger partial charge in [0, 0.05) is 18.3 Å². The minimum absolute atomic E-state index is 0.130. The van der Waals surface area contributed by atoms with Crippen LogP contribution in [0.5, 0.6) is 5.75 Å². The van der Waals surface area contributed by atoms with Crippen LogP contribution in [-0.2, 0) is 20.7 Å². The van der Waals surface area contributed by atoms with E-state index < -0.39 is 16.8 Å². The first kappa shape index (κ1) is 24.1. The second-order valence-corrected chi connectivity index (χ2v) is 10.7. The number of Topliss-reactive ketones (excluding diaryl/α,β-unsaturated/α-hetero) is 1. The number of fused-ring (bicyclic) bond motifs is 1. The van der Waals surface area contributed by atoms with Crippen LogP contribution in [0.25, 0.3) is 5.78 Å². The Hall–Kier alpha value is -2.65. The molecule has 0 N–H and O–H groups in total. The normalized spacial score (nSPS) is 23.1. The number of benzene rings is 1. The summed E-state index contributed by atoms with van der Waals surface area (Å²) in [5, 5.41) is 4.31. The summed E-state index contributed by atoms with van der Waals surface area (Å²) in [5.74, 6) is 0.590. The van der Waals surface area contributed by atoms with Gasteiger partial charge in [0.15, 0.2) is 11.0 Å². The first-order valence-electron chi connectivity index (χ1n) is 11.8. The topological polar surface area (TPSA) is 95.7 Å². The fourth-order valence-electron chi connectivity index (χ4n) is 5.21. The summed E-state index contributed by atoms with van der Waals surface area (Å²) in [7, 11) is 1.58. The van der Waals surface area contributed by atoms with Crippen molar-refractivity contribution >= 4 is 40.9 Å². The number of ketones is 1. The average molecular weight is 515 g/mol. The number of hydrogen-bond donors (Lipinski definition) is 0. The van der Waals surface area contributed by atoms with Gasteiger partial charge in [-0.1, -0.05) is 42.3 Å². The lowest BCUT2D eigenvalue weighted by molar-refractivity contribution is -0.177. The average Bonchev–Trinajstić information content (AvgIpc) is 3.51. The van der Waals surface area contributed by atoms with E-state index in [0.717, 1.165) is 48.7 Å². The molecule has 8 nitrogen and oxygen atoms in total. The van der Waals surface area contributed by atoms with Crippen molar-refractivity contribution in [1.29, 1.82) is 0 Å². The number of rotatable bonds is 7. The molecule has 35 heavy (non-hydrogen) atoms. The van der Waals surface area contributed by atoms with Crippen LogP contribution < -0.4 is 4.74 Å². The number of cyclic esters (lactones) is 1. The minimum atomic E-state index is -0.974. The molecule has 1 aromatic carbocycles. The molecule has 1 saturated carbocycles. The van der Waals surface area contributed by atoms with Crippen LogP contribution in [0.15, 0.2) is 35.6 Å². The summed E-state index contributed by atoms with van der Waals surface area (Å²) >= 11 is 7.35. The van der Waals surface area contributed by atoms with E-state index in [1.807, 2.05) is 31.2 Å². The summed E-state index contributed by atoms with van der Waals surface area (Å²) in [6, 6.07) is 7.49. The molecule has 0 radical (unpaired) electrons. The molecule has 0 spiro atoms. The standard InChI is InChI=1S/C25H27ClN4O4S/c1-15-10-12-27-23-28-24(29-30(15)23)35-21-19(31)14-25(34-22(21)32,17-5-3-4-6-17)11-9-16-7-8-20(33-2)18(26)13-16/h7-8,10,12-13,17,21H,3-6,9,11,14H2,1-2H3. The molecule has 1 aliphatic heterocycles. The van der Waals surface area contributed by atoms with Crippen molar-refractivity contribution in [3.05, 3.63) is 46.7 Å². The summed E-state index contributed by atoms with van der Waals surface area (Å²) in [6.45, 7) is 1.89. The zero-order valence-electron chi connectivity index (χ0n) is 19.7. The summed E-state index contributed by atoms with van der Waals surface area (Å²) in [5.41, 5.74) is 1.09. The Morgan fingerprint density at radius 3 is 2.74 bits per heavy atom. The van der Waals surface area contributed by atoms with Crippen LogP contribution in [0, 0.1) is 12.8 Å². The number of thioether (sulfide) groups is 1. The number of halogens is 1. The first-order chi connectivity index (χ1) is 16.9. The zero-order chi connectivity index (χ0) is 24.6. The number of nitrogens with zero attached hydrogens (tertiary/aromatic N) is 4. The predicted octanol–water partition coefficient (Wildman–Crippen LogP) is 4.63. The number of aromatic nitrogens is 4. The Balaban J connectivity index is 1.35. The molecule has 2 aromatic heterocycles. The number of methoxy groups -OCH3 is 1. The lowest BCUT2D eigenvalue weighted by Crippen LogP contribution is -2.53. The van der Waals surface area contributed by atoms with Gasteiger partial charge >= 0.3 is 5.97 Å². The maximum atomic E-state index is 13.4. The second-order valence-electron chi connectivity index (χ2n) is 9.27. The Bertz CT molecular complexity index is 1260. The second kappa shape index (κ2) is 9.78. The van der Waals surface area contributed by atoms with Gasteiger partial charge in [-0.3, -0.25) is 9.59 Å². The number of esters is 1. The molecule has 3 aromatic rings. The van der Waals surface area contributed by atoms with Crippen molar-refractivity contribution in [2.45, 2.75) is 67.9 Å². The summed E-state index contributed by atoms with van der Waals surface area (Å²) in [4.78, 5) is 35.2. The van der Waals surface area contributed by atoms with Crippen LogP contribution in [0.2, 0.25) is 5.02 Å². The molecule has 10 heteroatoms. The van der Waals surface area contributed by atoms with Crippen molar-refractivity contribution in [1.82, 2.24) is 19.6 Å². The predicted molar refractivity (Wildman–Crippen MR) is 132 cm³/mol. The number of hydrogen-bond acceptors (Lipinski definition) is 8. The molecular formula is C25H27ClN4O4S. The van der Waals surface area contributed by atoms with E-state index in [2.05, 4.69) is 15.1 Å². The van der Waals surface area contributed by atoms with Crippen LogP contribution in [0.1, 0.15) is 49.8 Å². The van der Waals surface area contributed by atoms with E-state index in [1.165, 1.54) is 0 Å². The summed E-state index contributed by atoms with van der Waals surface area (Å²) in [6.07, 6.45) is 7.17. The van der Waals surface area contributed by atoms with Crippen LogP contribution in [0.3, 0.4) is 0 Å². The van der Waals surface area contributed by atoms with E-state index >= 15 is 0 Å². The minimum Gasteiger partial charge on any atom is -0.495 e. The highest BCUT2D eigenvalue weighted by atomic mass is 35.5. The number of aryl methyl sites for hydroxylation is 2. The molecule has 5 rings (SSSR count). The van der Waals surface area contributed by atoms with E-state index in [-0.39, 0.29) is 18.1 Å². The molecule has 2 fully saturated rings. The first-order valence-corrected chi connectivity index (χ1v) is 13.1. The molecular weight excluding hydrogens is 488 g/mol. The zero-order valence-corrected chi connectivity index (χ0v) is 21.3. The molecule has 184 valence electrons. The third-order valence-electron chi connectivity index (χ3n) is 7.07. The smallest absolute Gasteiger partial charge is 0.327 e. The van der Waals surface area contributed by atoms with Gasteiger partial charge in [0.2, 0.25) is 5.16 Å². The number of carbonyl (C=O) groups is 2. The van der Waals surface area contributed by atoms with E-state index in [4.69, 9.17) is 21.1 Å². The van der Waals surface area contributed by atoms with Crippen molar-refractivity contribution < 1.29 is 19.1 Å². The monoisotopic (exact) mass is 514 g/mol. The Morgan fingerprint density at radius 1 is 1.26 bits per heavy atom. The van der Waals surface area contributed by atoms with Crippen molar-refractivity contribution in [3.8, 4) is 5.75 Å². The van der Waals surface area contributed by atoms with Gasteiger partial charge in [-0.25, -0.2) is 9.50 Å². The van der Waals surface area contributed by atoms with Gasteiger partial charge in [-0.05, 0) is 62.3 Å². The van der Waals surface area contributed by atoms with Gasteiger partial charge in [0.25, 0.3) is 5.78 Å². The molecule has 2 aliphatic rings. The van der Waals surface area contributed by atoms with Crippen LogP contribution >= 0.6 is 23.4 Å². The van der Waals surface area contributed by atoms with Crippen molar-refractivity contribution in [2.24, 2.45) is 5.92 Å². The molecule has 0 bridgehead atoms. The molecule has 1 saturated heterocycles. The number of carbonyl (C=O) groups excluding carboxylic acids is 2. The van der Waals surface area contributed by atoms with E-state index in [1.54, 1.807) is 17.8 Å². The highest BCUT2D eigenvalue weighted by molar-refractivity contribution is 8.01. The lowest BCUT2D eigenvalue weighted by atomic mass is 9.76. The Labute approximate surface area is 212 Å². The van der Waals surface area contributed by atoms with Crippen molar-refractivity contribution in [2.75, 3.05) is 7.11 Å². The Kier molecular flexibility index (Phi) is 6.72. The quantitative estimate of drug-likeness (QED) is 0.332. The third kappa shape index (κ3) is 4.76. The van der Waals surface area contributed by atoms with Crippen LogP contribution in [0.4, 0.5) is 0 Å². The largest absolute Gasteiger partial charge is 0.495 e. The highest BCUT2D eigenvalue weighted by Crippen LogP contribution is 2.45. The number of ether oxygens (including phenoxy) is 2. The van der Waals surface area contributed by atoms with Gasteiger partial charge in [0.05, 0.1) is 12.1 Å². The van der Waals surface area contributed by atoms with E-state index in [9.17, 15) is 9.59 Å². The molecule has 3 heterocycles. The fourth-order valence-corrected chi connectivity index (χ4v) is 6.32.